The van der Waals surface area contributed by atoms with Gasteiger partial charge in [0.25, 0.3) is 5.91 Å². The SMILES string of the molecule is Cc1nn(C)cc1CNC(=O)c1c(N)n[nH]c1C. The number of anilines is 1. The summed E-state index contributed by atoms with van der Waals surface area (Å²) < 4.78 is 1.72. The van der Waals surface area contributed by atoms with Crippen LogP contribution in [0, 0.1) is 13.8 Å². The molecule has 4 N–H and O–H groups in total. The lowest BCUT2D eigenvalue weighted by Crippen LogP contribution is -2.24. The van der Waals surface area contributed by atoms with Crippen LogP contribution in [-0.2, 0) is 13.6 Å². The highest BCUT2D eigenvalue weighted by Gasteiger charge is 2.16. The van der Waals surface area contributed by atoms with Crippen LogP contribution in [0.5, 0.6) is 0 Å². The molecule has 2 aromatic rings. The summed E-state index contributed by atoms with van der Waals surface area (Å²) >= 11 is 0. The van der Waals surface area contributed by atoms with Crippen molar-refractivity contribution in [3.63, 3.8) is 0 Å². The predicted molar refractivity (Wildman–Crippen MR) is 66.9 cm³/mol. The largest absolute Gasteiger partial charge is 0.382 e. The van der Waals surface area contributed by atoms with Crippen molar-refractivity contribution in [1.29, 1.82) is 0 Å². The molecule has 0 aromatic carbocycles. The average molecular weight is 248 g/mol. The first-order valence-electron chi connectivity index (χ1n) is 5.56. The second kappa shape index (κ2) is 4.52. The fraction of sp³-hybridized carbons (Fsp3) is 0.364. The molecule has 0 aliphatic rings. The minimum absolute atomic E-state index is 0.216. The van der Waals surface area contributed by atoms with E-state index >= 15 is 0 Å². The molecule has 7 heteroatoms. The van der Waals surface area contributed by atoms with Gasteiger partial charge in [0.2, 0.25) is 0 Å². The Bertz CT molecular complexity index is 563. The molecule has 0 aliphatic carbocycles. The molecule has 0 bridgehead atoms. The lowest BCUT2D eigenvalue weighted by Gasteiger charge is -2.04. The van der Waals surface area contributed by atoms with Gasteiger partial charge in [-0.3, -0.25) is 14.6 Å². The first kappa shape index (κ1) is 12.2. The molecule has 0 fully saturated rings. The number of carbonyl (C=O) groups excluding carboxylic acids is 1. The number of H-pyrrole nitrogens is 1. The molecule has 0 aliphatic heterocycles. The van der Waals surface area contributed by atoms with Gasteiger partial charge in [-0.05, 0) is 13.8 Å². The van der Waals surface area contributed by atoms with Crippen molar-refractivity contribution in [3.05, 3.63) is 28.7 Å². The van der Waals surface area contributed by atoms with Crippen LogP contribution in [0.2, 0.25) is 0 Å². The summed E-state index contributed by atoms with van der Waals surface area (Å²) in [5, 5.41) is 13.5. The summed E-state index contributed by atoms with van der Waals surface area (Å²) in [7, 11) is 1.84. The van der Waals surface area contributed by atoms with E-state index in [9.17, 15) is 4.79 Å². The van der Waals surface area contributed by atoms with Gasteiger partial charge in [-0.1, -0.05) is 0 Å². The van der Waals surface area contributed by atoms with Crippen molar-refractivity contribution in [1.82, 2.24) is 25.3 Å². The van der Waals surface area contributed by atoms with Gasteiger partial charge in [0.1, 0.15) is 5.56 Å². The molecule has 7 nitrogen and oxygen atoms in total. The number of amides is 1. The van der Waals surface area contributed by atoms with Gasteiger partial charge in [-0.15, -0.1) is 0 Å². The zero-order chi connectivity index (χ0) is 13.3. The van der Waals surface area contributed by atoms with Gasteiger partial charge in [-0.25, -0.2) is 0 Å². The quantitative estimate of drug-likeness (QED) is 0.725. The number of nitrogens with one attached hydrogen (secondary N) is 2. The van der Waals surface area contributed by atoms with Crippen LogP contribution in [0.25, 0.3) is 0 Å². The first-order valence-corrected chi connectivity index (χ1v) is 5.56. The van der Waals surface area contributed by atoms with Crippen LogP contribution in [0.15, 0.2) is 6.20 Å². The van der Waals surface area contributed by atoms with E-state index < -0.39 is 0 Å². The molecular weight excluding hydrogens is 232 g/mol. The second-order valence-corrected chi connectivity index (χ2v) is 4.20. The molecule has 2 heterocycles. The molecule has 0 saturated heterocycles. The van der Waals surface area contributed by atoms with Gasteiger partial charge in [0, 0.05) is 31.0 Å². The number of nitrogens with zero attached hydrogens (tertiary/aromatic N) is 3. The number of hydrogen-bond acceptors (Lipinski definition) is 4. The Balaban J connectivity index is 2.07. The fourth-order valence-corrected chi connectivity index (χ4v) is 1.82. The van der Waals surface area contributed by atoms with Crippen molar-refractivity contribution in [3.8, 4) is 0 Å². The van der Waals surface area contributed by atoms with E-state index in [1.807, 2.05) is 20.2 Å². The predicted octanol–water partition coefficient (Wildman–Crippen LogP) is 0.272. The summed E-state index contributed by atoms with van der Waals surface area (Å²) in [6.07, 6.45) is 1.88. The zero-order valence-corrected chi connectivity index (χ0v) is 10.6. The van der Waals surface area contributed by atoms with Crippen LogP contribution in [0.1, 0.15) is 27.3 Å². The van der Waals surface area contributed by atoms with Crippen LogP contribution in [0.3, 0.4) is 0 Å². The third-order valence-electron chi connectivity index (χ3n) is 2.76. The smallest absolute Gasteiger partial charge is 0.257 e. The summed E-state index contributed by atoms with van der Waals surface area (Å²) in [4.78, 5) is 12.0. The van der Waals surface area contributed by atoms with Crippen LogP contribution in [0.4, 0.5) is 5.82 Å². The number of aryl methyl sites for hydroxylation is 3. The van der Waals surface area contributed by atoms with Gasteiger partial charge in [-0.2, -0.15) is 10.2 Å². The Hall–Kier alpha value is -2.31. The molecule has 18 heavy (non-hydrogen) atoms. The highest BCUT2D eigenvalue weighted by molar-refractivity contribution is 5.99. The van der Waals surface area contributed by atoms with Crippen LogP contribution >= 0.6 is 0 Å². The first-order chi connectivity index (χ1) is 8.49. The number of nitrogen functional groups attached to an aromatic ring is 1. The summed E-state index contributed by atoms with van der Waals surface area (Å²) in [6, 6.07) is 0. The number of rotatable bonds is 3. The Labute approximate surface area is 104 Å². The monoisotopic (exact) mass is 248 g/mol. The topological polar surface area (TPSA) is 102 Å². The van der Waals surface area contributed by atoms with Crippen molar-refractivity contribution in [2.24, 2.45) is 7.05 Å². The Morgan fingerprint density at radius 2 is 2.28 bits per heavy atom. The number of aromatic amines is 1. The van der Waals surface area contributed by atoms with E-state index in [1.165, 1.54) is 0 Å². The number of nitrogens with two attached hydrogens (primary N) is 1. The standard InChI is InChI=1S/C11H16N6O/c1-6-8(5-17(3)16-6)4-13-11(18)9-7(2)14-15-10(9)12/h5H,4H2,1-3H3,(H,13,18)(H3,12,14,15). The van der Waals surface area contributed by atoms with E-state index in [1.54, 1.807) is 11.6 Å². The molecule has 0 atom stereocenters. The van der Waals surface area contributed by atoms with E-state index in [-0.39, 0.29) is 11.7 Å². The van der Waals surface area contributed by atoms with Crippen molar-refractivity contribution < 1.29 is 4.79 Å². The Kier molecular flexibility index (Phi) is 3.05. The molecule has 0 saturated carbocycles. The number of aromatic nitrogens is 4. The minimum atomic E-state index is -0.234. The lowest BCUT2D eigenvalue weighted by molar-refractivity contribution is 0.0951. The molecule has 0 spiro atoms. The molecule has 96 valence electrons. The normalized spacial score (nSPS) is 10.6. The average Bonchev–Trinajstić information content (AvgIpc) is 2.79. The van der Waals surface area contributed by atoms with Gasteiger partial charge < -0.3 is 11.1 Å². The third-order valence-corrected chi connectivity index (χ3v) is 2.76. The van der Waals surface area contributed by atoms with Gasteiger partial charge in [0.05, 0.1) is 5.69 Å². The maximum Gasteiger partial charge on any atom is 0.257 e. The molecular formula is C11H16N6O. The number of carbonyl (C=O) groups is 1. The Morgan fingerprint density at radius 1 is 1.56 bits per heavy atom. The van der Waals surface area contributed by atoms with Gasteiger partial charge in [0.15, 0.2) is 5.82 Å². The van der Waals surface area contributed by atoms with Crippen molar-refractivity contribution in [2.45, 2.75) is 20.4 Å². The highest BCUT2D eigenvalue weighted by Crippen LogP contribution is 2.12. The van der Waals surface area contributed by atoms with E-state index in [4.69, 9.17) is 5.73 Å². The van der Waals surface area contributed by atoms with E-state index in [0.717, 1.165) is 11.3 Å². The minimum Gasteiger partial charge on any atom is -0.382 e. The second-order valence-electron chi connectivity index (χ2n) is 4.20. The molecule has 0 unspecified atom stereocenters. The Morgan fingerprint density at radius 3 is 2.78 bits per heavy atom. The molecule has 2 aromatic heterocycles. The molecule has 0 radical (unpaired) electrons. The maximum atomic E-state index is 12.0. The van der Waals surface area contributed by atoms with E-state index in [2.05, 4.69) is 20.6 Å². The van der Waals surface area contributed by atoms with Gasteiger partial charge >= 0.3 is 0 Å². The van der Waals surface area contributed by atoms with Crippen molar-refractivity contribution >= 4 is 11.7 Å². The number of hydrogen-bond donors (Lipinski definition) is 3. The highest BCUT2D eigenvalue weighted by atomic mass is 16.1. The lowest BCUT2D eigenvalue weighted by atomic mass is 10.2. The fourth-order valence-electron chi connectivity index (χ4n) is 1.82. The van der Waals surface area contributed by atoms with E-state index in [0.29, 0.717) is 17.8 Å². The summed E-state index contributed by atoms with van der Waals surface area (Å²) in [5.74, 6) is -0.0186. The third kappa shape index (κ3) is 2.20. The summed E-state index contributed by atoms with van der Waals surface area (Å²) in [5.41, 5.74) is 8.56. The van der Waals surface area contributed by atoms with Crippen molar-refractivity contribution in [2.75, 3.05) is 5.73 Å². The van der Waals surface area contributed by atoms with Crippen LogP contribution < -0.4 is 11.1 Å². The zero-order valence-electron chi connectivity index (χ0n) is 10.6. The van der Waals surface area contributed by atoms with Crippen LogP contribution in [-0.4, -0.2) is 25.9 Å². The molecule has 2 rings (SSSR count). The summed E-state index contributed by atoms with van der Waals surface area (Å²) in [6.45, 7) is 4.08. The molecule has 1 amide bonds. The maximum absolute atomic E-state index is 12.0.